The van der Waals surface area contributed by atoms with Gasteiger partial charge in [0.1, 0.15) is 12.6 Å². The third-order valence-corrected chi connectivity index (χ3v) is 8.46. The van der Waals surface area contributed by atoms with Crippen molar-refractivity contribution in [1.29, 1.82) is 0 Å². The molecular formula is C34H64NO10P. The SMILES string of the molecule is CCCCCCCC/C=C\CCCCCCCCCC(=O)OC(COC(=O)CCCCCCC)COP(=O)(O)OCC(N)C(=O)O. The van der Waals surface area contributed by atoms with Gasteiger partial charge in [0, 0.05) is 12.8 Å². The minimum absolute atomic E-state index is 0.159. The van der Waals surface area contributed by atoms with Gasteiger partial charge in [0.2, 0.25) is 0 Å². The molecular weight excluding hydrogens is 613 g/mol. The van der Waals surface area contributed by atoms with E-state index in [1.54, 1.807) is 0 Å². The molecule has 46 heavy (non-hydrogen) atoms. The van der Waals surface area contributed by atoms with Crippen molar-refractivity contribution in [3.8, 4) is 0 Å². The van der Waals surface area contributed by atoms with Crippen LogP contribution >= 0.6 is 7.82 Å². The number of hydrogen-bond acceptors (Lipinski definition) is 9. The standard InChI is InChI=1S/C34H64NO10P/c1-3-5-7-9-10-11-12-13-14-15-16-17-18-19-20-22-24-26-33(37)45-30(27-42-32(36)25-23-21-8-6-4-2)28-43-46(40,41)44-29-31(35)34(38)39/h13-14,30-31H,3-12,15-29,35H2,1-2H3,(H,38,39)(H,40,41)/b14-13-. The Kier molecular flexibility index (Phi) is 29.4. The monoisotopic (exact) mass is 677 g/mol. The largest absolute Gasteiger partial charge is 0.480 e. The summed E-state index contributed by atoms with van der Waals surface area (Å²) in [5.41, 5.74) is 5.29. The van der Waals surface area contributed by atoms with Crippen molar-refractivity contribution in [3.63, 3.8) is 0 Å². The van der Waals surface area contributed by atoms with Crippen LogP contribution in [0.5, 0.6) is 0 Å². The second kappa shape index (κ2) is 30.5. The first-order valence-electron chi connectivity index (χ1n) is 17.7. The Hall–Kier alpha value is -1.78. The van der Waals surface area contributed by atoms with Crippen LogP contribution in [0.4, 0.5) is 0 Å². The number of rotatable bonds is 33. The summed E-state index contributed by atoms with van der Waals surface area (Å²) in [5.74, 6) is -2.40. The number of allylic oxidation sites excluding steroid dienone is 2. The molecule has 0 saturated carbocycles. The summed E-state index contributed by atoms with van der Waals surface area (Å²) in [6.07, 6.45) is 26.2. The minimum Gasteiger partial charge on any atom is -0.480 e. The molecule has 0 radical (unpaired) electrons. The number of carbonyl (C=O) groups is 3. The lowest BCUT2D eigenvalue weighted by Crippen LogP contribution is -2.34. The lowest BCUT2D eigenvalue weighted by Gasteiger charge is -2.20. The number of carbonyl (C=O) groups excluding carboxylic acids is 2. The first kappa shape index (κ1) is 44.2. The minimum atomic E-state index is -4.69. The van der Waals surface area contributed by atoms with Crippen LogP contribution in [0.25, 0.3) is 0 Å². The van der Waals surface area contributed by atoms with E-state index in [9.17, 15) is 23.8 Å². The number of aliphatic carboxylic acids is 1. The molecule has 3 unspecified atom stereocenters. The van der Waals surface area contributed by atoms with Crippen LogP contribution in [0.2, 0.25) is 0 Å². The maximum atomic E-state index is 12.5. The van der Waals surface area contributed by atoms with Crippen molar-refractivity contribution in [1.82, 2.24) is 0 Å². The first-order valence-corrected chi connectivity index (χ1v) is 19.2. The van der Waals surface area contributed by atoms with Crippen LogP contribution in [-0.4, -0.2) is 59.9 Å². The van der Waals surface area contributed by atoms with Gasteiger partial charge in [0.05, 0.1) is 13.2 Å². The smallest absolute Gasteiger partial charge is 0.472 e. The van der Waals surface area contributed by atoms with E-state index in [-0.39, 0.29) is 19.4 Å². The topological polar surface area (TPSA) is 172 Å². The molecule has 0 aromatic rings. The Morgan fingerprint density at radius 3 is 1.59 bits per heavy atom. The fraction of sp³-hybridized carbons (Fsp3) is 0.853. The lowest BCUT2D eigenvalue weighted by molar-refractivity contribution is -0.161. The molecule has 4 N–H and O–H groups in total. The number of carboxylic acids is 1. The molecule has 0 aliphatic carbocycles. The highest BCUT2D eigenvalue weighted by Gasteiger charge is 2.28. The Bertz CT molecular complexity index is 854. The normalized spacial score (nSPS) is 14.2. The van der Waals surface area contributed by atoms with Gasteiger partial charge < -0.3 is 25.2 Å². The van der Waals surface area contributed by atoms with Crippen molar-refractivity contribution < 1.29 is 47.5 Å². The van der Waals surface area contributed by atoms with Gasteiger partial charge in [0.15, 0.2) is 6.10 Å². The third-order valence-electron chi connectivity index (χ3n) is 7.51. The summed E-state index contributed by atoms with van der Waals surface area (Å²) >= 11 is 0. The number of phosphoric ester groups is 1. The number of esters is 2. The molecule has 0 aliphatic rings. The van der Waals surface area contributed by atoms with E-state index in [4.69, 9.17) is 24.8 Å². The fourth-order valence-corrected chi connectivity index (χ4v) is 5.42. The molecule has 0 saturated heterocycles. The maximum absolute atomic E-state index is 12.5. The zero-order chi connectivity index (χ0) is 34.3. The van der Waals surface area contributed by atoms with E-state index in [0.717, 1.165) is 51.4 Å². The summed E-state index contributed by atoms with van der Waals surface area (Å²) in [4.78, 5) is 45.3. The van der Waals surface area contributed by atoms with E-state index in [2.05, 4.69) is 30.5 Å². The van der Waals surface area contributed by atoms with Crippen molar-refractivity contribution in [2.24, 2.45) is 5.73 Å². The molecule has 0 aromatic carbocycles. The van der Waals surface area contributed by atoms with Crippen LogP contribution < -0.4 is 5.73 Å². The van der Waals surface area contributed by atoms with Gasteiger partial charge in [-0.2, -0.15) is 0 Å². The van der Waals surface area contributed by atoms with Gasteiger partial charge in [-0.3, -0.25) is 23.4 Å². The molecule has 0 heterocycles. The van der Waals surface area contributed by atoms with E-state index in [1.165, 1.54) is 64.2 Å². The fourth-order valence-electron chi connectivity index (χ4n) is 4.65. The van der Waals surface area contributed by atoms with Gasteiger partial charge in [-0.15, -0.1) is 0 Å². The molecule has 0 bridgehead atoms. The summed E-state index contributed by atoms with van der Waals surface area (Å²) in [7, 11) is -4.69. The summed E-state index contributed by atoms with van der Waals surface area (Å²) in [6.45, 7) is 2.67. The van der Waals surface area contributed by atoms with Gasteiger partial charge in [-0.05, 0) is 38.5 Å². The number of unbranched alkanes of at least 4 members (excludes halogenated alkanes) is 17. The van der Waals surface area contributed by atoms with Gasteiger partial charge in [-0.25, -0.2) is 4.57 Å². The van der Waals surface area contributed by atoms with Crippen molar-refractivity contribution in [3.05, 3.63) is 12.2 Å². The molecule has 270 valence electrons. The van der Waals surface area contributed by atoms with E-state index >= 15 is 0 Å². The summed E-state index contributed by atoms with van der Waals surface area (Å²) < 4.78 is 32.3. The molecule has 3 atom stereocenters. The van der Waals surface area contributed by atoms with Gasteiger partial charge in [-0.1, -0.05) is 116 Å². The number of hydrogen-bond donors (Lipinski definition) is 3. The highest BCUT2D eigenvalue weighted by molar-refractivity contribution is 7.47. The van der Waals surface area contributed by atoms with Gasteiger partial charge >= 0.3 is 25.7 Å². The average Bonchev–Trinajstić information content (AvgIpc) is 3.02. The third kappa shape index (κ3) is 29.6. The number of carboxylic acid groups (broad SMARTS) is 1. The van der Waals surface area contributed by atoms with Crippen LogP contribution in [0.15, 0.2) is 12.2 Å². The summed E-state index contributed by atoms with van der Waals surface area (Å²) in [5, 5.41) is 8.81. The molecule has 0 spiro atoms. The molecule has 0 amide bonds. The van der Waals surface area contributed by atoms with Crippen molar-refractivity contribution in [2.45, 2.75) is 167 Å². The second-order valence-corrected chi connectivity index (χ2v) is 13.5. The predicted octanol–water partition coefficient (Wildman–Crippen LogP) is 8.17. The zero-order valence-electron chi connectivity index (χ0n) is 28.7. The molecule has 12 heteroatoms. The summed E-state index contributed by atoms with van der Waals surface area (Å²) in [6, 6.07) is -1.52. The van der Waals surface area contributed by atoms with E-state index < -0.39 is 51.1 Å². The molecule has 0 fully saturated rings. The van der Waals surface area contributed by atoms with Crippen molar-refractivity contribution >= 4 is 25.7 Å². The molecule has 11 nitrogen and oxygen atoms in total. The Labute approximate surface area is 278 Å². The quantitative estimate of drug-likeness (QED) is 0.0265. The van der Waals surface area contributed by atoms with Crippen LogP contribution in [0.1, 0.15) is 155 Å². The Morgan fingerprint density at radius 2 is 1.09 bits per heavy atom. The highest BCUT2D eigenvalue weighted by atomic mass is 31.2. The van der Waals surface area contributed by atoms with E-state index in [1.807, 2.05) is 0 Å². The number of nitrogens with two attached hydrogens (primary N) is 1. The van der Waals surface area contributed by atoms with Gasteiger partial charge in [0.25, 0.3) is 0 Å². The number of ether oxygens (including phenoxy) is 2. The average molecular weight is 678 g/mol. The van der Waals surface area contributed by atoms with Crippen LogP contribution in [0.3, 0.4) is 0 Å². The Balaban J connectivity index is 4.32. The Morgan fingerprint density at radius 1 is 0.652 bits per heavy atom. The van der Waals surface area contributed by atoms with Crippen LogP contribution in [0, 0.1) is 0 Å². The molecule has 0 rings (SSSR count). The maximum Gasteiger partial charge on any atom is 0.472 e. The lowest BCUT2D eigenvalue weighted by atomic mass is 10.1. The van der Waals surface area contributed by atoms with Crippen molar-refractivity contribution in [2.75, 3.05) is 19.8 Å². The van der Waals surface area contributed by atoms with Crippen LogP contribution in [-0.2, 0) is 37.5 Å². The zero-order valence-corrected chi connectivity index (χ0v) is 29.6. The van der Waals surface area contributed by atoms with E-state index in [0.29, 0.717) is 12.8 Å². The predicted molar refractivity (Wildman–Crippen MR) is 180 cm³/mol. The molecule has 0 aromatic heterocycles. The first-order chi connectivity index (χ1) is 22.1. The highest BCUT2D eigenvalue weighted by Crippen LogP contribution is 2.43. The number of phosphoric acid groups is 1. The second-order valence-electron chi connectivity index (χ2n) is 12.0. The molecule has 0 aliphatic heterocycles.